The number of aryl methyl sites for hydroxylation is 1. The molecule has 1 aromatic heterocycles. The number of nitrogens with one attached hydrogen (secondary N) is 1. The standard InChI is InChI=1S/C14H18N4O/c1-10-11(2)18(9-16-10)8-14(19)17-13-6-4-3-5-12(13)7-15/h3-6,9H,7-8,15H2,1-2H3,(H,17,19). The van der Waals surface area contributed by atoms with Crippen molar-refractivity contribution in [2.75, 3.05) is 5.32 Å². The summed E-state index contributed by atoms with van der Waals surface area (Å²) in [7, 11) is 0. The van der Waals surface area contributed by atoms with Gasteiger partial charge in [0.25, 0.3) is 0 Å². The quantitative estimate of drug-likeness (QED) is 0.874. The third kappa shape index (κ3) is 3.00. The van der Waals surface area contributed by atoms with Crippen molar-refractivity contribution in [1.29, 1.82) is 0 Å². The molecule has 1 amide bonds. The number of amides is 1. The molecular weight excluding hydrogens is 240 g/mol. The Kier molecular flexibility index (Phi) is 3.97. The molecule has 0 saturated carbocycles. The third-order valence-electron chi connectivity index (χ3n) is 3.17. The summed E-state index contributed by atoms with van der Waals surface area (Å²) >= 11 is 0. The molecule has 0 radical (unpaired) electrons. The predicted molar refractivity (Wildman–Crippen MR) is 74.7 cm³/mol. The van der Waals surface area contributed by atoms with E-state index in [2.05, 4.69) is 10.3 Å². The molecule has 0 aliphatic rings. The molecule has 19 heavy (non-hydrogen) atoms. The van der Waals surface area contributed by atoms with Crippen LogP contribution in [-0.2, 0) is 17.9 Å². The lowest BCUT2D eigenvalue weighted by molar-refractivity contribution is -0.116. The highest BCUT2D eigenvalue weighted by Gasteiger charge is 2.09. The fourth-order valence-electron chi connectivity index (χ4n) is 1.87. The number of anilines is 1. The molecule has 0 aliphatic carbocycles. The first-order valence-electron chi connectivity index (χ1n) is 6.18. The van der Waals surface area contributed by atoms with E-state index in [1.165, 1.54) is 0 Å². The van der Waals surface area contributed by atoms with Gasteiger partial charge in [-0.2, -0.15) is 0 Å². The Bertz CT molecular complexity index is 589. The average Bonchev–Trinajstić information content (AvgIpc) is 2.71. The van der Waals surface area contributed by atoms with Crippen molar-refractivity contribution in [2.24, 2.45) is 5.73 Å². The minimum atomic E-state index is -0.0820. The topological polar surface area (TPSA) is 72.9 Å². The summed E-state index contributed by atoms with van der Waals surface area (Å²) in [5.74, 6) is -0.0820. The highest BCUT2D eigenvalue weighted by molar-refractivity contribution is 5.91. The van der Waals surface area contributed by atoms with E-state index in [1.54, 1.807) is 6.33 Å². The Hall–Kier alpha value is -2.14. The van der Waals surface area contributed by atoms with Crippen molar-refractivity contribution in [1.82, 2.24) is 9.55 Å². The number of para-hydroxylation sites is 1. The molecule has 0 fully saturated rings. The van der Waals surface area contributed by atoms with Gasteiger partial charge in [-0.3, -0.25) is 4.79 Å². The maximum absolute atomic E-state index is 12.0. The number of nitrogens with zero attached hydrogens (tertiary/aromatic N) is 2. The van der Waals surface area contributed by atoms with Crippen molar-refractivity contribution >= 4 is 11.6 Å². The Morgan fingerprint density at radius 2 is 2.11 bits per heavy atom. The Morgan fingerprint density at radius 1 is 1.37 bits per heavy atom. The Balaban J connectivity index is 2.07. The van der Waals surface area contributed by atoms with E-state index >= 15 is 0 Å². The number of imidazole rings is 1. The van der Waals surface area contributed by atoms with Gasteiger partial charge in [0, 0.05) is 17.9 Å². The van der Waals surface area contributed by atoms with Crippen LogP contribution in [-0.4, -0.2) is 15.5 Å². The minimum Gasteiger partial charge on any atom is -0.326 e. The van der Waals surface area contributed by atoms with Crippen molar-refractivity contribution in [3.8, 4) is 0 Å². The molecule has 0 bridgehead atoms. The second-order valence-corrected chi connectivity index (χ2v) is 4.45. The van der Waals surface area contributed by atoms with E-state index in [4.69, 9.17) is 5.73 Å². The molecular formula is C14H18N4O. The predicted octanol–water partition coefficient (Wildman–Crippen LogP) is 1.60. The molecule has 2 rings (SSSR count). The van der Waals surface area contributed by atoms with Crippen LogP contribution in [0.1, 0.15) is 17.0 Å². The van der Waals surface area contributed by atoms with Gasteiger partial charge in [-0.25, -0.2) is 4.98 Å². The van der Waals surface area contributed by atoms with Gasteiger partial charge in [0.15, 0.2) is 0 Å². The molecule has 3 N–H and O–H groups in total. The van der Waals surface area contributed by atoms with Crippen LogP contribution < -0.4 is 11.1 Å². The number of hydrogen-bond donors (Lipinski definition) is 2. The first kappa shape index (κ1) is 13.3. The van der Waals surface area contributed by atoms with Gasteiger partial charge in [-0.05, 0) is 25.5 Å². The summed E-state index contributed by atoms with van der Waals surface area (Å²) in [6, 6.07) is 7.54. The van der Waals surface area contributed by atoms with E-state index in [9.17, 15) is 4.79 Å². The number of carbonyl (C=O) groups is 1. The lowest BCUT2D eigenvalue weighted by Crippen LogP contribution is -2.20. The smallest absolute Gasteiger partial charge is 0.244 e. The van der Waals surface area contributed by atoms with Crippen LogP contribution in [0.5, 0.6) is 0 Å². The van der Waals surface area contributed by atoms with Crippen LogP contribution in [0.3, 0.4) is 0 Å². The van der Waals surface area contributed by atoms with E-state index in [-0.39, 0.29) is 12.5 Å². The Morgan fingerprint density at radius 3 is 2.74 bits per heavy atom. The Labute approximate surface area is 112 Å². The highest BCUT2D eigenvalue weighted by atomic mass is 16.1. The second-order valence-electron chi connectivity index (χ2n) is 4.45. The van der Waals surface area contributed by atoms with E-state index in [0.29, 0.717) is 6.54 Å². The van der Waals surface area contributed by atoms with Crippen molar-refractivity contribution in [2.45, 2.75) is 26.9 Å². The van der Waals surface area contributed by atoms with Gasteiger partial charge in [0.2, 0.25) is 5.91 Å². The minimum absolute atomic E-state index is 0.0820. The molecule has 0 atom stereocenters. The number of rotatable bonds is 4. The molecule has 0 unspecified atom stereocenters. The molecule has 2 aromatic rings. The summed E-state index contributed by atoms with van der Waals surface area (Å²) in [4.78, 5) is 16.2. The van der Waals surface area contributed by atoms with Gasteiger partial charge in [0.1, 0.15) is 6.54 Å². The van der Waals surface area contributed by atoms with Crippen LogP contribution in [0.15, 0.2) is 30.6 Å². The molecule has 0 aliphatic heterocycles. The van der Waals surface area contributed by atoms with Crippen molar-refractivity contribution in [3.05, 3.63) is 47.5 Å². The van der Waals surface area contributed by atoms with Crippen molar-refractivity contribution < 1.29 is 4.79 Å². The molecule has 0 saturated heterocycles. The molecule has 5 nitrogen and oxygen atoms in total. The van der Waals surface area contributed by atoms with Crippen LogP contribution in [0.2, 0.25) is 0 Å². The van der Waals surface area contributed by atoms with Crippen LogP contribution in [0, 0.1) is 13.8 Å². The number of carbonyl (C=O) groups excluding carboxylic acids is 1. The fourth-order valence-corrected chi connectivity index (χ4v) is 1.87. The van der Waals surface area contributed by atoms with Gasteiger partial charge < -0.3 is 15.6 Å². The van der Waals surface area contributed by atoms with Crippen LogP contribution >= 0.6 is 0 Å². The zero-order chi connectivity index (χ0) is 13.8. The summed E-state index contributed by atoms with van der Waals surface area (Å²) in [6.45, 7) is 4.53. The highest BCUT2D eigenvalue weighted by Crippen LogP contribution is 2.14. The molecule has 1 heterocycles. The monoisotopic (exact) mass is 258 g/mol. The van der Waals surface area contributed by atoms with E-state index in [1.807, 2.05) is 42.7 Å². The summed E-state index contributed by atoms with van der Waals surface area (Å²) < 4.78 is 1.83. The lowest BCUT2D eigenvalue weighted by Gasteiger charge is -2.10. The molecule has 1 aromatic carbocycles. The van der Waals surface area contributed by atoms with Crippen molar-refractivity contribution in [3.63, 3.8) is 0 Å². The largest absolute Gasteiger partial charge is 0.326 e. The average molecular weight is 258 g/mol. The summed E-state index contributed by atoms with van der Waals surface area (Å²) in [5, 5.41) is 2.88. The van der Waals surface area contributed by atoms with Gasteiger partial charge >= 0.3 is 0 Å². The van der Waals surface area contributed by atoms with Crippen LogP contribution in [0.4, 0.5) is 5.69 Å². The first-order valence-corrected chi connectivity index (χ1v) is 6.18. The number of aromatic nitrogens is 2. The zero-order valence-electron chi connectivity index (χ0n) is 11.2. The fraction of sp³-hybridized carbons (Fsp3) is 0.286. The number of nitrogens with two attached hydrogens (primary N) is 1. The maximum atomic E-state index is 12.0. The van der Waals surface area contributed by atoms with Crippen LogP contribution in [0.25, 0.3) is 0 Å². The number of hydrogen-bond acceptors (Lipinski definition) is 3. The molecule has 0 spiro atoms. The molecule has 100 valence electrons. The summed E-state index contributed by atoms with van der Waals surface area (Å²) in [6.07, 6.45) is 1.68. The normalized spacial score (nSPS) is 10.5. The second kappa shape index (κ2) is 5.67. The van der Waals surface area contributed by atoms with Gasteiger partial charge in [-0.1, -0.05) is 18.2 Å². The zero-order valence-corrected chi connectivity index (χ0v) is 11.2. The third-order valence-corrected chi connectivity index (χ3v) is 3.17. The van der Waals surface area contributed by atoms with Gasteiger partial charge in [-0.15, -0.1) is 0 Å². The van der Waals surface area contributed by atoms with E-state index in [0.717, 1.165) is 22.6 Å². The molecule has 5 heteroatoms. The SMILES string of the molecule is Cc1ncn(CC(=O)Nc2ccccc2CN)c1C. The maximum Gasteiger partial charge on any atom is 0.244 e. The summed E-state index contributed by atoms with van der Waals surface area (Å²) in [5.41, 5.74) is 9.28. The van der Waals surface area contributed by atoms with E-state index < -0.39 is 0 Å². The number of benzene rings is 1. The van der Waals surface area contributed by atoms with Gasteiger partial charge in [0.05, 0.1) is 12.0 Å². The first-order chi connectivity index (χ1) is 9.11. The lowest BCUT2D eigenvalue weighted by atomic mass is 10.2.